The average molecular weight is 380 g/mol. The van der Waals surface area contributed by atoms with Crippen LogP contribution in [0.1, 0.15) is 36.0 Å². The van der Waals surface area contributed by atoms with Crippen LogP contribution in [-0.4, -0.2) is 48.1 Å². The number of amides is 1. The lowest BCUT2D eigenvalue weighted by molar-refractivity contribution is 0.0953. The fourth-order valence-corrected chi connectivity index (χ4v) is 3.19. The molecule has 3 rings (SSSR count). The van der Waals surface area contributed by atoms with Crippen LogP contribution in [0.15, 0.2) is 59.6 Å². The topological polar surface area (TPSA) is 77.0 Å². The van der Waals surface area contributed by atoms with Crippen molar-refractivity contribution in [2.45, 2.75) is 25.7 Å². The van der Waals surface area contributed by atoms with Gasteiger partial charge < -0.3 is 20.6 Å². The number of nitrogens with zero attached hydrogens (tertiary/aromatic N) is 2. The highest BCUT2D eigenvalue weighted by Gasteiger charge is 2.15. The second-order valence-electron chi connectivity index (χ2n) is 6.90. The van der Waals surface area contributed by atoms with E-state index in [0.717, 1.165) is 31.2 Å². The summed E-state index contributed by atoms with van der Waals surface area (Å²) in [5.41, 5.74) is 1.49. The average Bonchev–Trinajstić information content (AvgIpc) is 2.74. The van der Waals surface area contributed by atoms with E-state index < -0.39 is 0 Å². The van der Waals surface area contributed by atoms with Crippen molar-refractivity contribution in [1.29, 1.82) is 0 Å². The molecule has 1 aliphatic rings. The predicted octanol–water partition coefficient (Wildman–Crippen LogP) is 3.47. The molecule has 6 nitrogen and oxygen atoms in total. The number of para-hydroxylation sites is 1. The number of aliphatic imine (C=N–C) groups is 1. The molecule has 0 atom stereocenters. The van der Waals surface area contributed by atoms with Gasteiger partial charge in [-0.15, -0.1) is 0 Å². The molecule has 0 unspecified atom stereocenters. The largest absolute Gasteiger partial charge is 0.508 e. The fraction of sp³-hybridized carbons (Fsp3) is 0.364. The van der Waals surface area contributed by atoms with Gasteiger partial charge in [-0.2, -0.15) is 0 Å². The van der Waals surface area contributed by atoms with E-state index in [1.807, 2.05) is 30.3 Å². The molecule has 1 fully saturated rings. The minimum Gasteiger partial charge on any atom is -0.508 e. The van der Waals surface area contributed by atoms with Crippen molar-refractivity contribution in [3.63, 3.8) is 0 Å². The molecule has 28 heavy (non-hydrogen) atoms. The van der Waals surface area contributed by atoms with Gasteiger partial charge in [-0.1, -0.05) is 24.3 Å². The van der Waals surface area contributed by atoms with E-state index in [9.17, 15) is 9.90 Å². The Bertz CT molecular complexity index is 786. The number of piperidine rings is 1. The number of carbonyl (C=O) groups is 1. The van der Waals surface area contributed by atoms with Crippen LogP contribution >= 0.6 is 0 Å². The first-order valence-electron chi connectivity index (χ1n) is 9.91. The Kier molecular flexibility index (Phi) is 7.29. The van der Waals surface area contributed by atoms with E-state index in [0.29, 0.717) is 18.7 Å². The molecule has 0 aromatic heterocycles. The molecule has 3 N–H and O–H groups in total. The number of phenols is 1. The lowest BCUT2D eigenvalue weighted by atomic mass is 10.1. The van der Waals surface area contributed by atoms with E-state index in [2.05, 4.69) is 15.5 Å². The van der Waals surface area contributed by atoms with Crippen molar-refractivity contribution in [1.82, 2.24) is 10.2 Å². The lowest BCUT2D eigenvalue weighted by Crippen LogP contribution is -2.40. The van der Waals surface area contributed by atoms with Gasteiger partial charge in [0.2, 0.25) is 0 Å². The molecule has 0 bridgehead atoms. The van der Waals surface area contributed by atoms with Gasteiger partial charge in [0, 0.05) is 37.4 Å². The second kappa shape index (κ2) is 10.3. The number of hydrogen-bond donors (Lipinski definition) is 3. The van der Waals surface area contributed by atoms with Gasteiger partial charge in [-0.3, -0.25) is 9.79 Å². The zero-order valence-corrected chi connectivity index (χ0v) is 16.1. The Morgan fingerprint density at radius 1 is 1.04 bits per heavy atom. The van der Waals surface area contributed by atoms with Crippen LogP contribution in [0.5, 0.6) is 5.75 Å². The van der Waals surface area contributed by atoms with E-state index >= 15 is 0 Å². The molecule has 0 aliphatic carbocycles. The SMILES string of the molecule is O=C(NCCCN=C(Nc1ccccc1)N1CCCCC1)c1cccc(O)c1. The van der Waals surface area contributed by atoms with Gasteiger partial charge >= 0.3 is 0 Å². The third kappa shape index (κ3) is 6.01. The molecule has 6 heteroatoms. The summed E-state index contributed by atoms with van der Waals surface area (Å²) >= 11 is 0. The Labute approximate surface area is 166 Å². The minimum absolute atomic E-state index is 0.0930. The smallest absolute Gasteiger partial charge is 0.251 e. The number of nitrogens with one attached hydrogen (secondary N) is 2. The third-order valence-corrected chi connectivity index (χ3v) is 4.68. The molecule has 0 radical (unpaired) electrons. The number of rotatable bonds is 6. The normalized spacial score (nSPS) is 14.6. The first kappa shape index (κ1) is 19.7. The van der Waals surface area contributed by atoms with E-state index in [4.69, 9.17) is 4.99 Å². The standard InChI is InChI=1S/C22H28N4O2/c27-20-12-7-9-18(17-20)21(28)23-13-8-14-24-22(26-15-5-2-6-16-26)25-19-10-3-1-4-11-19/h1,3-4,7,9-12,17,27H,2,5-6,8,13-16H2,(H,23,28)(H,24,25). The summed E-state index contributed by atoms with van der Waals surface area (Å²) in [7, 11) is 0. The van der Waals surface area contributed by atoms with Crippen molar-refractivity contribution >= 4 is 17.6 Å². The molecule has 1 amide bonds. The summed E-state index contributed by atoms with van der Waals surface area (Å²) in [6.07, 6.45) is 4.40. The van der Waals surface area contributed by atoms with Gasteiger partial charge in [-0.05, 0) is 56.0 Å². The van der Waals surface area contributed by atoms with Crippen molar-refractivity contribution in [2.24, 2.45) is 4.99 Å². The second-order valence-corrected chi connectivity index (χ2v) is 6.90. The highest BCUT2D eigenvalue weighted by atomic mass is 16.3. The van der Waals surface area contributed by atoms with Crippen LogP contribution in [0.25, 0.3) is 0 Å². The van der Waals surface area contributed by atoms with Crippen LogP contribution in [0.4, 0.5) is 5.69 Å². The molecule has 148 valence electrons. The fourth-order valence-electron chi connectivity index (χ4n) is 3.19. The molecule has 0 saturated carbocycles. The third-order valence-electron chi connectivity index (χ3n) is 4.68. The van der Waals surface area contributed by atoms with Gasteiger partial charge in [0.25, 0.3) is 5.91 Å². The van der Waals surface area contributed by atoms with Gasteiger partial charge in [0.1, 0.15) is 5.75 Å². The number of hydrogen-bond acceptors (Lipinski definition) is 3. The Morgan fingerprint density at radius 3 is 2.57 bits per heavy atom. The van der Waals surface area contributed by atoms with Crippen LogP contribution in [0.2, 0.25) is 0 Å². The number of aromatic hydroxyl groups is 1. The quantitative estimate of drug-likeness (QED) is 0.407. The molecule has 1 saturated heterocycles. The highest BCUT2D eigenvalue weighted by molar-refractivity contribution is 5.94. The van der Waals surface area contributed by atoms with Crippen molar-refractivity contribution in [3.8, 4) is 5.75 Å². The van der Waals surface area contributed by atoms with Crippen molar-refractivity contribution in [3.05, 3.63) is 60.2 Å². The highest BCUT2D eigenvalue weighted by Crippen LogP contribution is 2.13. The van der Waals surface area contributed by atoms with Crippen LogP contribution in [0, 0.1) is 0 Å². The van der Waals surface area contributed by atoms with Gasteiger partial charge in [0.15, 0.2) is 5.96 Å². The number of carbonyl (C=O) groups excluding carboxylic acids is 1. The summed E-state index contributed by atoms with van der Waals surface area (Å²) in [6.45, 7) is 3.21. The van der Waals surface area contributed by atoms with Crippen LogP contribution < -0.4 is 10.6 Å². The number of guanidine groups is 1. The maximum Gasteiger partial charge on any atom is 0.251 e. The molecule has 2 aromatic carbocycles. The monoisotopic (exact) mass is 380 g/mol. The maximum absolute atomic E-state index is 12.1. The molecular weight excluding hydrogens is 352 g/mol. The summed E-state index contributed by atoms with van der Waals surface area (Å²) in [5, 5.41) is 15.8. The predicted molar refractivity (Wildman–Crippen MR) is 113 cm³/mol. The Morgan fingerprint density at radius 2 is 1.82 bits per heavy atom. The Balaban J connectivity index is 1.51. The summed E-state index contributed by atoms with van der Waals surface area (Å²) in [6, 6.07) is 16.4. The lowest BCUT2D eigenvalue weighted by Gasteiger charge is -2.30. The zero-order chi connectivity index (χ0) is 19.6. The summed E-state index contributed by atoms with van der Waals surface area (Å²) in [5.74, 6) is 0.819. The summed E-state index contributed by atoms with van der Waals surface area (Å²) in [4.78, 5) is 19.2. The summed E-state index contributed by atoms with van der Waals surface area (Å²) < 4.78 is 0. The Hall–Kier alpha value is -3.02. The van der Waals surface area contributed by atoms with E-state index in [-0.39, 0.29) is 11.7 Å². The van der Waals surface area contributed by atoms with Crippen LogP contribution in [-0.2, 0) is 0 Å². The van der Waals surface area contributed by atoms with E-state index in [1.54, 1.807) is 18.2 Å². The molecular formula is C22H28N4O2. The number of anilines is 1. The number of benzene rings is 2. The molecule has 1 heterocycles. The molecule has 1 aliphatic heterocycles. The van der Waals surface area contributed by atoms with Crippen LogP contribution in [0.3, 0.4) is 0 Å². The van der Waals surface area contributed by atoms with Gasteiger partial charge in [-0.25, -0.2) is 0 Å². The van der Waals surface area contributed by atoms with Gasteiger partial charge in [0.05, 0.1) is 0 Å². The molecule has 0 spiro atoms. The molecule has 2 aromatic rings. The first-order chi connectivity index (χ1) is 13.7. The number of likely N-dealkylation sites (tertiary alicyclic amines) is 1. The zero-order valence-electron chi connectivity index (χ0n) is 16.1. The maximum atomic E-state index is 12.1. The van der Waals surface area contributed by atoms with E-state index in [1.165, 1.54) is 25.3 Å². The minimum atomic E-state index is -0.182. The van der Waals surface area contributed by atoms with Crippen molar-refractivity contribution in [2.75, 3.05) is 31.5 Å². The first-order valence-corrected chi connectivity index (χ1v) is 9.91. The number of phenolic OH excluding ortho intramolecular Hbond substituents is 1. The van der Waals surface area contributed by atoms with Crippen molar-refractivity contribution < 1.29 is 9.90 Å².